The summed E-state index contributed by atoms with van der Waals surface area (Å²) in [7, 11) is 1.81. The van der Waals surface area contributed by atoms with E-state index in [4.69, 9.17) is 5.26 Å². The largest absolute Gasteiger partial charge is 0.507 e. The van der Waals surface area contributed by atoms with Gasteiger partial charge < -0.3 is 15.5 Å². The minimum absolute atomic E-state index is 0. The lowest BCUT2D eigenvalue weighted by Gasteiger charge is -2.30. The van der Waals surface area contributed by atoms with E-state index in [0.29, 0.717) is 12.0 Å². The molecule has 1 aromatic rings. The van der Waals surface area contributed by atoms with Gasteiger partial charge in [0.25, 0.3) is 0 Å². The van der Waals surface area contributed by atoms with Crippen LogP contribution in [0, 0.1) is 11.3 Å². The first-order valence-corrected chi connectivity index (χ1v) is 5.29. The number of nitrogens with one attached hydrogen (secondary N) is 1. The van der Waals surface area contributed by atoms with Gasteiger partial charge in [-0.15, -0.1) is 12.4 Å². The SMILES string of the molecule is CN[C@H]1CCc2c(ccc(O)c2C#N)[C@H]1O.Cl. The molecule has 0 spiro atoms. The van der Waals surface area contributed by atoms with E-state index in [1.165, 1.54) is 6.07 Å². The Kier molecular flexibility index (Phi) is 4.35. The molecule has 0 bridgehead atoms. The Balaban J connectivity index is 0.00000144. The number of phenolic OH excluding ortho intramolecular Hbond substituents is 1. The number of nitriles is 1. The molecule has 0 aliphatic heterocycles. The van der Waals surface area contributed by atoms with Crippen molar-refractivity contribution >= 4 is 12.4 Å². The average molecular weight is 255 g/mol. The lowest BCUT2D eigenvalue weighted by Crippen LogP contribution is -2.36. The molecule has 5 heteroatoms. The van der Waals surface area contributed by atoms with Gasteiger partial charge >= 0.3 is 0 Å². The van der Waals surface area contributed by atoms with Gasteiger partial charge in [-0.25, -0.2) is 0 Å². The smallest absolute Gasteiger partial charge is 0.133 e. The Hall–Kier alpha value is -1.28. The number of nitrogens with zero attached hydrogens (tertiary/aromatic N) is 1. The third-order valence-electron chi connectivity index (χ3n) is 3.21. The highest BCUT2D eigenvalue weighted by Gasteiger charge is 2.29. The standard InChI is InChI=1S/C12H14N2O2.ClH/c1-14-10-4-2-7-8(12(10)16)3-5-11(15)9(7)6-13;/h3,5,10,12,14-16H,2,4H2,1H3;1H/t10-,12+;/m0./s1. The highest BCUT2D eigenvalue weighted by Crippen LogP contribution is 2.35. The predicted octanol–water partition coefficient (Wildman–Crippen LogP) is 1.25. The molecule has 0 saturated carbocycles. The average Bonchev–Trinajstić information content (AvgIpc) is 2.29. The lowest BCUT2D eigenvalue weighted by atomic mass is 9.83. The molecule has 4 nitrogen and oxygen atoms in total. The number of hydrogen-bond acceptors (Lipinski definition) is 4. The van der Waals surface area contributed by atoms with Gasteiger partial charge in [0.2, 0.25) is 0 Å². The van der Waals surface area contributed by atoms with Crippen molar-refractivity contribution in [1.29, 1.82) is 5.26 Å². The van der Waals surface area contributed by atoms with Crippen LogP contribution in [-0.4, -0.2) is 23.3 Å². The first kappa shape index (κ1) is 13.8. The zero-order valence-electron chi connectivity index (χ0n) is 9.47. The summed E-state index contributed by atoms with van der Waals surface area (Å²) in [4.78, 5) is 0. The van der Waals surface area contributed by atoms with Crippen LogP contribution >= 0.6 is 12.4 Å². The highest BCUT2D eigenvalue weighted by atomic mass is 35.5. The summed E-state index contributed by atoms with van der Waals surface area (Å²) in [6.07, 6.45) is 0.860. The van der Waals surface area contributed by atoms with Crippen molar-refractivity contribution in [1.82, 2.24) is 5.32 Å². The maximum Gasteiger partial charge on any atom is 0.133 e. The number of likely N-dealkylation sites (N-methyl/N-ethyl adjacent to an activating group) is 1. The topological polar surface area (TPSA) is 76.3 Å². The monoisotopic (exact) mass is 254 g/mol. The van der Waals surface area contributed by atoms with Crippen LogP contribution in [0.3, 0.4) is 0 Å². The molecular formula is C12H15ClN2O2. The van der Waals surface area contributed by atoms with Gasteiger partial charge in [0.1, 0.15) is 11.8 Å². The molecule has 92 valence electrons. The molecule has 2 rings (SSSR count). The molecule has 1 aliphatic rings. The maximum atomic E-state index is 10.1. The Morgan fingerprint density at radius 2 is 2.18 bits per heavy atom. The van der Waals surface area contributed by atoms with Crippen molar-refractivity contribution in [2.24, 2.45) is 0 Å². The van der Waals surface area contributed by atoms with Crippen LogP contribution in [0.25, 0.3) is 0 Å². The van der Waals surface area contributed by atoms with Crippen LogP contribution in [0.2, 0.25) is 0 Å². The van der Waals surface area contributed by atoms with Crippen molar-refractivity contribution in [3.8, 4) is 11.8 Å². The summed E-state index contributed by atoms with van der Waals surface area (Å²) >= 11 is 0. The fourth-order valence-corrected chi connectivity index (χ4v) is 2.30. The first-order chi connectivity index (χ1) is 7.69. The van der Waals surface area contributed by atoms with Crippen molar-refractivity contribution < 1.29 is 10.2 Å². The molecule has 3 N–H and O–H groups in total. The summed E-state index contributed by atoms with van der Waals surface area (Å²) in [5.74, 6) is -0.00337. The Labute approximate surface area is 106 Å². The highest BCUT2D eigenvalue weighted by molar-refractivity contribution is 5.85. The Bertz CT molecular complexity index is 457. The summed E-state index contributed by atoms with van der Waals surface area (Å²) in [6.45, 7) is 0. The lowest BCUT2D eigenvalue weighted by molar-refractivity contribution is 0.119. The molecule has 0 saturated heterocycles. The van der Waals surface area contributed by atoms with Gasteiger partial charge in [-0.1, -0.05) is 6.07 Å². The maximum absolute atomic E-state index is 10.1. The third-order valence-corrected chi connectivity index (χ3v) is 3.21. The van der Waals surface area contributed by atoms with Crippen molar-refractivity contribution in [3.63, 3.8) is 0 Å². The summed E-state index contributed by atoms with van der Waals surface area (Å²) in [5, 5.41) is 31.7. The van der Waals surface area contributed by atoms with Crippen molar-refractivity contribution in [3.05, 3.63) is 28.8 Å². The van der Waals surface area contributed by atoms with Gasteiger partial charge in [0.05, 0.1) is 11.7 Å². The minimum atomic E-state index is -0.610. The molecule has 0 unspecified atom stereocenters. The van der Waals surface area contributed by atoms with Crippen LogP contribution in [0.15, 0.2) is 12.1 Å². The molecule has 0 amide bonds. The number of aliphatic hydroxyl groups excluding tert-OH is 1. The van der Waals surface area contributed by atoms with E-state index in [2.05, 4.69) is 5.32 Å². The zero-order valence-corrected chi connectivity index (χ0v) is 10.3. The number of benzene rings is 1. The second kappa shape index (κ2) is 5.37. The number of aliphatic hydroxyl groups is 1. The van der Waals surface area contributed by atoms with Crippen molar-refractivity contribution in [2.45, 2.75) is 25.0 Å². The van der Waals surface area contributed by atoms with Gasteiger partial charge in [0.15, 0.2) is 0 Å². The number of hydrogen-bond donors (Lipinski definition) is 3. The normalized spacial score (nSPS) is 22.2. The quantitative estimate of drug-likeness (QED) is 0.705. The minimum Gasteiger partial charge on any atom is -0.507 e. The first-order valence-electron chi connectivity index (χ1n) is 5.29. The second-order valence-corrected chi connectivity index (χ2v) is 4.02. The van der Waals surface area contributed by atoms with Gasteiger partial charge in [-0.2, -0.15) is 5.26 Å². The van der Waals surface area contributed by atoms with Crippen LogP contribution < -0.4 is 5.32 Å². The number of phenols is 1. The number of rotatable bonds is 1. The van der Waals surface area contributed by atoms with E-state index in [0.717, 1.165) is 17.5 Å². The van der Waals surface area contributed by atoms with E-state index in [9.17, 15) is 10.2 Å². The van der Waals surface area contributed by atoms with E-state index in [-0.39, 0.29) is 24.2 Å². The van der Waals surface area contributed by atoms with Gasteiger partial charge in [0, 0.05) is 6.04 Å². The second-order valence-electron chi connectivity index (χ2n) is 4.02. The van der Waals surface area contributed by atoms with Crippen LogP contribution in [0.4, 0.5) is 0 Å². The molecule has 0 aromatic heterocycles. The van der Waals surface area contributed by atoms with E-state index in [1.807, 2.05) is 13.1 Å². The predicted molar refractivity (Wildman–Crippen MR) is 66.2 cm³/mol. The van der Waals surface area contributed by atoms with Crippen LogP contribution in [0.5, 0.6) is 5.75 Å². The number of fused-ring (bicyclic) bond motifs is 1. The zero-order chi connectivity index (χ0) is 11.7. The molecule has 17 heavy (non-hydrogen) atoms. The summed E-state index contributed by atoms with van der Waals surface area (Å²) in [6, 6.07) is 5.18. The molecular weight excluding hydrogens is 240 g/mol. The van der Waals surface area contributed by atoms with E-state index in [1.54, 1.807) is 6.07 Å². The molecule has 0 fully saturated rings. The molecule has 0 radical (unpaired) electrons. The number of halogens is 1. The third kappa shape index (κ3) is 2.22. The summed E-state index contributed by atoms with van der Waals surface area (Å²) in [5.41, 5.74) is 1.83. The number of aromatic hydroxyl groups is 1. The van der Waals surface area contributed by atoms with Gasteiger partial charge in [-0.3, -0.25) is 0 Å². The Morgan fingerprint density at radius 1 is 1.47 bits per heavy atom. The van der Waals surface area contributed by atoms with Crippen LogP contribution in [0.1, 0.15) is 29.2 Å². The molecule has 0 heterocycles. The van der Waals surface area contributed by atoms with Gasteiger partial charge in [-0.05, 0) is 37.1 Å². The van der Waals surface area contributed by atoms with E-state index < -0.39 is 6.10 Å². The fourth-order valence-electron chi connectivity index (χ4n) is 2.30. The summed E-state index contributed by atoms with van der Waals surface area (Å²) < 4.78 is 0. The molecule has 1 aliphatic carbocycles. The fraction of sp³-hybridized carbons (Fsp3) is 0.417. The van der Waals surface area contributed by atoms with Crippen molar-refractivity contribution in [2.75, 3.05) is 7.05 Å². The van der Waals surface area contributed by atoms with Crippen LogP contribution in [-0.2, 0) is 6.42 Å². The van der Waals surface area contributed by atoms with E-state index >= 15 is 0 Å². The molecule has 1 aromatic carbocycles. The molecule has 2 atom stereocenters. The Morgan fingerprint density at radius 3 is 2.76 bits per heavy atom.